The summed E-state index contributed by atoms with van der Waals surface area (Å²) in [5, 5.41) is 17.7. The Morgan fingerprint density at radius 3 is 2.69 bits per heavy atom. The number of nitriles is 1. The van der Waals surface area contributed by atoms with Crippen LogP contribution in [-0.2, 0) is 4.74 Å². The number of nitrogens with one attached hydrogen (secondary N) is 1. The zero-order valence-electron chi connectivity index (χ0n) is 18.3. The van der Waals surface area contributed by atoms with Crippen molar-refractivity contribution in [2.75, 3.05) is 26.3 Å². The Balaban J connectivity index is 1.67. The lowest BCUT2D eigenvalue weighted by atomic mass is 9.82. The van der Waals surface area contributed by atoms with E-state index >= 15 is 0 Å². The van der Waals surface area contributed by atoms with E-state index in [4.69, 9.17) is 43.1 Å². The lowest BCUT2D eigenvalue weighted by Crippen LogP contribution is -2.42. The van der Waals surface area contributed by atoms with E-state index < -0.39 is 12.0 Å². The van der Waals surface area contributed by atoms with E-state index in [1.807, 2.05) is 30.3 Å². The minimum absolute atomic E-state index is 0.0752. The normalized spacial score (nSPS) is 17.4. The average molecular weight is 512 g/mol. The molecule has 2 aliphatic heterocycles. The van der Waals surface area contributed by atoms with E-state index in [0.717, 1.165) is 5.56 Å². The van der Waals surface area contributed by atoms with Crippen molar-refractivity contribution < 1.29 is 19.0 Å². The van der Waals surface area contributed by atoms with E-state index in [0.29, 0.717) is 48.1 Å². The van der Waals surface area contributed by atoms with Gasteiger partial charge in [0.2, 0.25) is 11.8 Å². The van der Waals surface area contributed by atoms with Crippen molar-refractivity contribution in [1.82, 2.24) is 15.1 Å². The highest BCUT2D eigenvalue weighted by atomic mass is 35.5. The molecule has 0 aliphatic carbocycles. The molecule has 0 radical (unpaired) electrons. The van der Waals surface area contributed by atoms with Gasteiger partial charge in [-0.15, -0.1) is 5.10 Å². The number of amides is 1. The summed E-state index contributed by atoms with van der Waals surface area (Å²) in [6.45, 7) is 1.59. The molecule has 9 nitrogen and oxygen atoms in total. The van der Waals surface area contributed by atoms with Gasteiger partial charge >= 0.3 is 6.09 Å². The fourth-order valence-corrected chi connectivity index (χ4v) is 4.73. The number of aromatic nitrogens is 2. The van der Waals surface area contributed by atoms with Crippen LogP contribution < -0.4 is 15.2 Å². The molecule has 2 aromatic carbocycles. The number of H-pyrrole nitrogens is 1. The summed E-state index contributed by atoms with van der Waals surface area (Å²) in [6, 6.07) is 14.6. The maximum absolute atomic E-state index is 13.0. The molecule has 1 amide bonds. The Hall–Kier alpha value is -3.71. The van der Waals surface area contributed by atoms with Crippen LogP contribution in [0, 0.1) is 11.3 Å². The average Bonchev–Trinajstić information content (AvgIpc) is 3.29. The molecule has 35 heavy (non-hydrogen) atoms. The molecule has 0 bridgehead atoms. The van der Waals surface area contributed by atoms with Crippen molar-refractivity contribution in [2.24, 2.45) is 5.73 Å². The topological polar surface area (TPSA) is 126 Å². The molecule has 0 saturated carbocycles. The van der Waals surface area contributed by atoms with Crippen molar-refractivity contribution in [1.29, 1.82) is 5.26 Å². The van der Waals surface area contributed by atoms with Gasteiger partial charge in [-0.25, -0.2) is 4.79 Å². The second-order valence-corrected chi connectivity index (χ2v) is 8.73. The number of fused-ring (bicyclic) bond motifs is 1. The molecule has 1 fully saturated rings. The number of allylic oxidation sites excluding steroid dienone is 1. The smallest absolute Gasteiger partial charge is 0.415 e. The minimum Gasteiger partial charge on any atom is -0.420 e. The third-order valence-electron chi connectivity index (χ3n) is 5.81. The number of nitrogens with zero attached hydrogens (tertiary/aromatic N) is 3. The fraction of sp³-hybridized carbons (Fsp3) is 0.208. The molecule has 11 heteroatoms. The molecule has 3 heterocycles. The molecule has 3 N–H and O–H groups in total. The predicted octanol–water partition coefficient (Wildman–Crippen LogP) is 4.43. The number of carbonyl (C=O) groups excluding carboxylic acids is 1. The first-order valence-electron chi connectivity index (χ1n) is 10.7. The van der Waals surface area contributed by atoms with Crippen LogP contribution in [0.5, 0.6) is 11.6 Å². The number of halogens is 2. The first kappa shape index (κ1) is 23.1. The number of nitrogens with two attached hydrogens (primary N) is 1. The van der Waals surface area contributed by atoms with Gasteiger partial charge in [-0.3, -0.25) is 5.10 Å². The fourth-order valence-electron chi connectivity index (χ4n) is 4.18. The number of hydrogen-bond acceptors (Lipinski definition) is 7. The van der Waals surface area contributed by atoms with E-state index in [1.165, 1.54) is 11.0 Å². The Kier molecular flexibility index (Phi) is 6.26. The number of carbonyl (C=O) groups is 1. The standard InChI is InChI=1S/C24H19Cl2N5O4/c25-14-10-15(21(17(26)11-14)34-24(32)31-6-8-33-9-7-31)18-16(12-27)22(28)35-23-19(18)20(29-30-23)13-4-2-1-3-5-13/h1-5,10-11,18H,6-9,28H2,(H,29,30)/t18-/m1/s1. The van der Waals surface area contributed by atoms with Crippen molar-refractivity contribution in [3.63, 3.8) is 0 Å². The number of hydrogen-bond donors (Lipinski definition) is 2. The van der Waals surface area contributed by atoms with Crippen molar-refractivity contribution >= 4 is 29.3 Å². The Morgan fingerprint density at radius 2 is 1.97 bits per heavy atom. The Labute approximate surface area is 210 Å². The zero-order chi connectivity index (χ0) is 24.5. The molecular weight excluding hydrogens is 493 g/mol. The van der Waals surface area contributed by atoms with Crippen molar-refractivity contribution in [2.45, 2.75) is 5.92 Å². The van der Waals surface area contributed by atoms with E-state index in [2.05, 4.69) is 16.3 Å². The summed E-state index contributed by atoms with van der Waals surface area (Å²) >= 11 is 12.9. The summed E-state index contributed by atoms with van der Waals surface area (Å²) in [6.07, 6.45) is -0.586. The second kappa shape index (κ2) is 9.50. The molecule has 2 aliphatic rings. The van der Waals surface area contributed by atoms with Crippen LogP contribution in [0.15, 0.2) is 53.9 Å². The third kappa shape index (κ3) is 4.28. The van der Waals surface area contributed by atoms with Crippen LogP contribution in [0.1, 0.15) is 17.0 Å². The number of morpholine rings is 1. The van der Waals surface area contributed by atoms with Crippen molar-refractivity contribution in [3.8, 4) is 29.0 Å². The lowest BCUT2D eigenvalue weighted by molar-refractivity contribution is 0.0415. The number of benzene rings is 2. The highest BCUT2D eigenvalue weighted by Gasteiger charge is 2.38. The number of ether oxygens (including phenoxy) is 3. The van der Waals surface area contributed by atoms with Gasteiger partial charge in [-0.05, 0) is 17.7 Å². The van der Waals surface area contributed by atoms with Crippen molar-refractivity contribution in [3.05, 3.63) is 75.1 Å². The Morgan fingerprint density at radius 1 is 1.23 bits per heavy atom. The number of rotatable bonds is 3. The maximum atomic E-state index is 13.0. The summed E-state index contributed by atoms with van der Waals surface area (Å²) in [4.78, 5) is 14.5. The largest absolute Gasteiger partial charge is 0.420 e. The van der Waals surface area contributed by atoms with Crippen LogP contribution in [0.2, 0.25) is 10.0 Å². The number of aromatic amines is 1. The molecular formula is C24H19Cl2N5O4. The molecule has 0 unspecified atom stereocenters. The van der Waals surface area contributed by atoms with Gasteiger partial charge in [0.05, 0.1) is 35.4 Å². The van der Waals surface area contributed by atoms with Gasteiger partial charge in [0.1, 0.15) is 11.6 Å². The summed E-state index contributed by atoms with van der Waals surface area (Å²) < 4.78 is 16.8. The molecule has 1 aromatic heterocycles. The maximum Gasteiger partial charge on any atom is 0.415 e. The van der Waals surface area contributed by atoms with Gasteiger partial charge in [0.25, 0.3) is 0 Å². The summed E-state index contributed by atoms with van der Waals surface area (Å²) in [5.74, 6) is -0.655. The van der Waals surface area contributed by atoms with E-state index in [9.17, 15) is 10.1 Å². The van der Waals surface area contributed by atoms with Crippen LogP contribution in [-0.4, -0.2) is 47.5 Å². The second-order valence-electron chi connectivity index (χ2n) is 7.88. The first-order chi connectivity index (χ1) is 17.0. The van der Waals surface area contributed by atoms with Crippen LogP contribution in [0.4, 0.5) is 4.79 Å². The first-order valence-corrected chi connectivity index (χ1v) is 11.5. The molecule has 178 valence electrons. The molecule has 1 atom stereocenters. The van der Waals surface area contributed by atoms with Crippen LogP contribution in [0.25, 0.3) is 11.3 Å². The summed E-state index contributed by atoms with van der Waals surface area (Å²) in [5.41, 5.74) is 8.58. The molecule has 0 spiro atoms. The van der Waals surface area contributed by atoms with Gasteiger partial charge in [0, 0.05) is 23.7 Å². The van der Waals surface area contributed by atoms with Gasteiger partial charge < -0.3 is 24.8 Å². The van der Waals surface area contributed by atoms with Crippen LogP contribution >= 0.6 is 23.2 Å². The minimum atomic E-state index is -0.818. The van der Waals surface area contributed by atoms with E-state index in [1.54, 1.807) is 6.07 Å². The monoisotopic (exact) mass is 511 g/mol. The summed E-state index contributed by atoms with van der Waals surface area (Å²) in [7, 11) is 0. The molecule has 3 aromatic rings. The lowest BCUT2D eigenvalue weighted by Gasteiger charge is -2.28. The molecule has 5 rings (SSSR count). The van der Waals surface area contributed by atoms with E-state index in [-0.39, 0.29) is 28.1 Å². The third-order valence-corrected chi connectivity index (χ3v) is 6.31. The Bertz CT molecular complexity index is 1360. The van der Waals surface area contributed by atoms with Gasteiger partial charge in [0.15, 0.2) is 5.75 Å². The van der Waals surface area contributed by atoms with Crippen LogP contribution in [0.3, 0.4) is 0 Å². The quantitative estimate of drug-likeness (QED) is 0.532. The van der Waals surface area contributed by atoms with Gasteiger partial charge in [-0.2, -0.15) is 5.26 Å². The SMILES string of the molecule is N#CC1=C(N)Oc2n[nH]c(-c3ccccc3)c2[C@@H]1c1cc(Cl)cc(Cl)c1OC(=O)N1CCOCC1. The highest BCUT2D eigenvalue weighted by Crippen LogP contribution is 2.50. The molecule has 1 saturated heterocycles. The zero-order valence-corrected chi connectivity index (χ0v) is 19.8. The van der Waals surface area contributed by atoms with Gasteiger partial charge in [-0.1, -0.05) is 53.5 Å². The highest BCUT2D eigenvalue weighted by molar-refractivity contribution is 6.35. The predicted molar refractivity (Wildman–Crippen MR) is 128 cm³/mol.